The van der Waals surface area contributed by atoms with Gasteiger partial charge in [0.1, 0.15) is 11.6 Å². The number of Topliss-reactive ketones (excluding diaryl/α,β-unsaturated/α-hetero) is 2. The van der Waals surface area contributed by atoms with Gasteiger partial charge in [-0.25, -0.2) is 4.79 Å². The molecule has 0 amide bonds. The molecule has 2 rings (SSSR count). The maximum absolute atomic E-state index is 11.7. The first-order valence-corrected chi connectivity index (χ1v) is 5.45. The third-order valence-corrected chi connectivity index (χ3v) is 3.03. The smallest absolute Gasteiger partial charge is 0.335 e. The molecule has 0 radical (unpaired) electrons. The lowest BCUT2D eigenvalue weighted by Gasteiger charge is -2.19. The zero-order valence-corrected chi connectivity index (χ0v) is 9.18. The van der Waals surface area contributed by atoms with Gasteiger partial charge in [-0.2, -0.15) is 0 Å². The average molecular weight is 232 g/mol. The predicted octanol–water partition coefficient (Wildman–Crippen LogP) is 1.79. The van der Waals surface area contributed by atoms with E-state index in [1.54, 1.807) is 12.1 Å². The van der Waals surface area contributed by atoms with Gasteiger partial charge in [-0.15, -0.1) is 0 Å². The summed E-state index contributed by atoms with van der Waals surface area (Å²) in [6, 6.07) is 6.16. The second-order valence-corrected chi connectivity index (χ2v) is 4.19. The fourth-order valence-electron chi connectivity index (χ4n) is 2.04. The van der Waals surface area contributed by atoms with Gasteiger partial charge in [0.2, 0.25) is 0 Å². The highest BCUT2D eigenvalue weighted by atomic mass is 16.4. The quantitative estimate of drug-likeness (QED) is 0.843. The molecule has 0 spiro atoms. The van der Waals surface area contributed by atoms with Crippen LogP contribution in [0.15, 0.2) is 24.3 Å². The Labute approximate surface area is 98.3 Å². The van der Waals surface area contributed by atoms with E-state index in [0.29, 0.717) is 12.8 Å². The third-order valence-electron chi connectivity index (χ3n) is 3.03. The molecule has 88 valence electrons. The van der Waals surface area contributed by atoms with Crippen LogP contribution in [-0.2, 0) is 9.59 Å². The Morgan fingerprint density at radius 2 is 1.76 bits per heavy atom. The van der Waals surface area contributed by atoms with E-state index >= 15 is 0 Å². The normalized spacial score (nSPS) is 20.4. The number of carboxylic acid groups (broad SMARTS) is 1. The van der Waals surface area contributed by atoms with Gasteiger partial charge in [0.15, 0.2) is 0 Å². The molecule has 1 atom stereocenters. The molecule has 4 nitrogen and oxygen atoms in total. The molecule has 17 heavy (non-hydrogen) atoms. The minimum atomic E-state index is -0.998. The van der Waals surface area contributed by atoms with Crippen molar-refractivity contribution in [3.8, 4) is 0 Å². The van der Waals surface area contributed by atoms with Crippen LogP contribution in [0.5, 0.6) is 0 Å². The molecular weight excluding hydrogens is 220 g/mol. The van der Waals surface area contributed by atoms with Crippen LogP contribution in [-0.4, -0.2) is 22.6 Å². The highest BCUT2D eigenvalue weighted by Gasteiger charge is 2.28. The Bertz CT molecular complexity index is 473. The highest BCUT2D eigenvalue weighted by molar-refractivity contribution is 5.97. The Morgan fingerprint density at radius 1 is 1.12 bits per heavy atom. The lowest BCUT2D eigenvalue weighted by atomic mass is 9.82. The van der Waals surface area contributed by atoms with Crippen molar-refractivity contribution in [2.75, 3.05) is 0 Å². The maximum atomic E-state index is 11.7. The molecule has 1 aromatic rings. The van der Waals surface area contributed by atoms with Gasteiger partial charge >= 0.3 is 5.97 Å². The van der Waals surface area contributed by atoms with Crippen LogP contribution < -0.4 is 0 Å². The van der Waals surface area contributed by atoms with Crippen LogP contribution in [0.3, 0.4) is 0 Å². The van der Waals surface area contributed by atoms with Crippen LogP contribution in [0.25, 0.3) is 0 Å². The predicted molar refractivity (Wildman–Crippen MR) is 60.0 cm³/mol. The summed E-state index contributed by atoms with van der Waals surface area (Å²) in [6.45, 7) is 0. The van der Waals surface area contributed by atoms with Crippen molar-refractivity contribution in [3.63, 3.8) is 0 Å². The number of carbonyl (C=O) groups is 3. The first-order chi connectivity index (χ1) is 8.08. The fraction of sp³-hybridized carbons (Fsp3) is 0.308. The number of hydrogen-bond acceptors (Lipinski definition) is 3. The molecule has 0 saturated heterocycles. The Kier molecular flexibility index (Phi) is 3.04. The van der Waals surface area contributed by atoms with Crippen molar-refractivity contribution in [2.24, 2.45) is 0 Å². The maximum Gasteiger partial charge on any atom is 0.335 e. The Morgan fingerprint density at radius 3 is 2.35 bits per heavy atom. The second-order valence-electron chi connectivity index (χ2n) is 4.19. The van der Waals surface area contributed by atoms with E-state index in [4.69, 9.17) is 5.11 Å². The molecule has 1 saturated carbocycles. The van der Waals surface area contributed by atoms with E-state index in [0.717, 1.165) is 5.56 Å². The highest BCUT2D eigenvalue weighted by Crippen LogP contribution is 2.28. The molecule has 1 aromatic carbocycles. The lowest BCUT2D eigenvalue weighted by molar-refractivity contribution is -0.130. The van der Waals surface area contributed by atoms with E-state index in [-0.39, 0.29) is 29.5 Å². The van der Waals surface area contributed by atoms with Crippen LogP contribution in [0.4, 0.5) is 0 Å². The van der Waals surface area contributed by atoms with E-state index in [1.165, 1.54) is 12.1 Å². The molecule has 1 fully saturated rings. The first kappa shape index (κ1) is 11.5. The number of carboxylic acids is 1. The van der Waals surface area contributed by atoms with Crippen LogP contribution >= 0.6 is 0 Å². The molecule has 1 N–H and O–H groups in total. The molecule has 1 aliphatic rings. The summed E-state index contributed by atoms with van der Waals surface area (Å²) in [5, 5.41) is 8.76. The summed E-state index contributed by atoms with van der Waals surface area (Å²) in [6.07, 6.45) is 0.873. The van der Waals surface area contributed by atoms with E-state index in [2.05, 4.69) is 0 Å². The first-order valence-electron chi connectivity index (χ1n) is 5.45. The van der Waals surface area contributed by atoms with Crippen molar-refractivity contribution in [3.05, 3.63) is 35.4 Å². The van der Waals surface area contributed by atoms with Crippen molar-refractivity contribution >= 4 is 17.5 Å². The van der Waals surface area contributed by atoms with Crippen molar-refractivity contribution < 1.29 is 19.5 Å². The molecule has 0 aromatic heterocycles. The topological polar surface area (TPSA) is 71.4 Å². The lowest BCUT2D eigenvalue weighted by Crippen LogP contribution is -2.23. The minimum absolute atomic E-state index is 0.0627. The summed E-state index contributed by atoms with van der Waals surface area (Å²) in [7, 11) is 0. The van der Waals surface area contributed by atoms with Gasteiger partial charge < -0.3 is 5.11 Å². The number of aromatic carboxylic acids is 1. The summed E-state index contributed by atoms with van der Waals surface area (Å²) < 4.78 is 0. The summed E-state index contributed by atoms with van der Waals surface area (Å²) in [4.78, 5) is 33.7. The summed E-state index contributed by atoms with van der Waals surface area (Å²) >= 11 is 0. The minimum Gasteiger partial charge on any atom is -0.478 e. The molecule has 1 aliphatic carbocycles. The monoisotopic (exact) mass is 232 g/mol. The Balaban J connectivity index is 2.24. The summed E-state index contributed by atoms with van der Waals surface area (Å²) in [5.41, 5.74) is 0.913. The molecule has 0 bridgehead atoms. The van der Waals surface area contributed by atoms with Crippen molar-refractivity contribution in [1.82, 2.24) is 0 Å². The second kappa shape index (κ2) is 4.49. The zero-order valence-electron chi connectivity index (χ0n) is 9.18. The van der Waals surface area contributed by atoms with Crippen molar-refractivity contribution in [1.29, 1.82) is 0 Å². The van der Waals surface area contributed by atoms with Crippen LogP contribution in [0.2, 0.25) is 0 Å². The molecule has 0 heterocycles. The molecule has 1 unspecified atom stereocenters. The van der Waals surface area contributed by atoms with Gasteiger partial charge in [0.05, 0.1) is 5.56 Å². The molecule has 4 heteroatoms. The van der Waals surface area contributed by atoms with Gasteiger partial charge in [0.25, 0.3) is 0 Å². The summed E-state index contributed by atoms with van der Waals surface area (Å²) in [5.74, 6) is -1.23. The van der Waals surface area contributed by atoms with Gasteiger partial charge in [-0.05, 0) is 17.7 Å². The van der Waals surface area contributed by atoms with E-state index in [9.17, 15) is 14.4 Å². The average Bonchev–Trinajstić information content (AvgIpc) is 2.32. The van der Waals surface area contributed by atoms with Crippen LogP contribution in [0, 0.1) is 0 Å². The fourth-order valence-corrected chi connectivity index (χ4v) is 2.04. The number of rotatable bonds is 2. The van der Waals surface area contributed by atoms with Gasteiger partial charge in [-0.1, -0.05) is 12.1 Å². The SMILES string of the molecule is O=C1CCC(=O)C(c2ccc(C(=O)O)cc2)C1. The largest absolute Gasteiger partial charge is 0.478 e. The zero-order chi connectivity index (χ0) is 12.4. The standard InChI is InChI=1S/C13H12O4/c14-10-5-6-12(15)11(7-10)8-1-3-9(4-2-8)13(16)17/h1-4,11H,5-7H2,(H,16,17). The van der Waals surface area contributed by atoms with Gasteiger partial charge in [-0.3, -0.25) is 9.59 Å². The number of hydrogen-bond donors (Lipinski definition) is 1. The number of carbonyl (C=O) groups excluding carboxylic acids is 2. The van der Waals surface area contributed by atoms with E-state index < -0.39 is 5.97 Å². The molecular formula is C13H12O4. The third kappa shape index (κ3) is 2.41. The van der Waals surface area contributed by atoms with E-state index in [1.807, 2.05) is 0 Å². The Hall–Kier alpha value is -1.97. The number of benzene rings is 1. The van der Waals surface area contributed by atoms with Gasteiger partial charge in [0, 0.05) is 25.2 Å². The number of ketones is 2. The van der Waals surface area contributed by atoms with Crippen LogP contribution in [0.1, 0.15) is 41.1 Å². The molecule has 0 aliphatic heterocycles. The van der Waals surface area contributed by atoms with Crippen molar-refractivity contribution in [2.45, 2.75) is 25.2 Å².